The van der Waals surface area contributed by atoms with E-state index >= 15 is 0 Å². The van der Waals surface area contributed by atoms with E-state index in [4.69, 9.17) is 10.8 Å². The lowest BCUT2D eigenvalue weighted by Gasteiger charge is -2.28. The fraction of sp³-hybridized carbons (Fsp3) is 0.750. The minimum absolute atomic E-state index is 0.364. The Morgan fingerprint density at radius 2 is 1.95 bits per heavy atom. The lowest BCUT2D eigenvalue weighted by Crippen LogP contribution is -2.48. The number of nitrogens with two attached hydrogens (primary N) is 1. The van der Waals surface area contributed by atoms with Gasteiger partial charge >= 0.3 is 12.0 Å². The number of likely N-dealkylation sites (tertiary alicyclic amines) is 1. The molecule has 1 saturated heterocycles. The summed E-state index contributed by atoms with van der Waals surface area (Å²) in [5, 5.41) is 8.78. The van der Waals surface area contributed by atoms with Gasteiger partial charge in [-0.25, -0.2) is 4.79 Å². The number of nitrogens with zero attached hydrogens (tertiary/aromatic N) is 2. The quantitative estimate of drug-likeness (QED) is 0.756. The molecule has 0 aliphatic carbocycles. The first-order valence-electron chi connectivity index (χ1n) is 6.44. The summed E-state index contributed by atoms with van der Waals surface area (Å²) in [5.41, 5.74) is 5.05. The van der Waals surface area contributed by atoms with Gasteiger partial charge in [0.1, 0.15) is 13.1 Å². The van der Waals surface area contributed by atoms with Crippen LogP contribution in [0.2, 0.25) is 0 Å². The highest BCUT2D eigenvalue weighted by Gasteiger charge is 2.25. The fourth-order valence-corrected chi connectivity index (χ4v) is 2.20. The van der Waals surface area contributed by atoms with Crippen LogP contribution in [-0.2, 0) is 9.59 Å². The van der Waals surface area contributed by atoms with Crippen LogP contribution in [-0.4, -0.2) is 59.0 Å². The summed E-state index contributed by atoms with van der Waals surface area (Å²) in [6.07, 6.45) is 2.84. The highest BCUT2D eigenvalue weighted by Crippen LogP contribution is 2.17. The van der Waals surface area contributed by atoms with Crippen LogP contribution in [0.25, 0.3) is 0 Å². The molecule has 1 heterocycles. The van der Waals surface area contributed by atoms with Crippen molar-refractivity contribution in [3.05, 3.63) is 0 Å². The predicted molar refractivity (Wildman–Crippen MR) is 68.4 cm³/mol. The first-order chi connectivity index (χ1) is 8.90. The molecular weight excluding hydrogens is 250 g/mol. The van der Waals surface area contributed by atoms with Crippen molar-refractivity contribution in [1.82, 2.24) is 9.80 Å². The van der Waals surface area contributed by atoms with Crippen molar-refractivity contribution in [2.45, 2.75) is 26.2 Å². The molecule has 7 heteroatoms. The van der Waals surface area contributed by atoms with Crippen LogP contribution in [0.3, 0.4) is 0 Å². The maximum Gasteiger partial charge on any atom is 0.323 e. The van der Waals surface area contributed by atoms with Crippen molar-refractivity contribution in [2.24, 2.45) is 11.7 Å². The van der Waals surface area contributed by atoms with Gasteiger partial charge in [-0.2, -0.15) is 0 Å². The van der Waals surface area contributed by atoms with E-state index in [9.17, 15) is 14.4 Å². The van der Waals surface area contributed by atoms with Crippen LogP contribution < -0.4 is 5.73 Å². The highest BCUT2D eigenvalue weighted by molar-refractivity contribution is 5.86. The number of carboxylic acid groups (broad SMARTS) is 1. The number of primary amides is 1. The molecule has 108 valence electrons. The first kappa shape index (κ1) is 15.3. The van der Waals surface area contributed by atoms with E-state index < -0.39 is 24.5 Å². The van der Waals surface area contributed by atoms with E-state index in [0.717, 1.165) is 24.2 Å². The number of rotatable bonds is 4. The smallest absolute Gasteiger partial charge is 0.323 e. The van der Waals surface area contributed by atoms with E-state index in [1.165, 1.54) is 0 Å². The summed E-state index contributed by atoms with van der Waals surface area (Å²) in [5.74, 6) is -1.31. The van der Waals surface area contributed by atoms with E-state index in [1.807, 2.05) is 0 Å². The maximum absolute atomic E-state index is 12.2. The zero-order valence-electron chi connectivity index (χ0n) is 11.2. The summed E-state index contributed by atoms with van der Waals surface area (Å²) in [4.78, 5) is 36.5. The number of hydrogen-bond acceptors (Lipinski definition) is 3. The van der Waals surface area contributed by atoms with Crippen molar-refractivity contribution >= 4 is 17.9 Å². The van der Waals surface area contributed by atoms with Gasteiger partial charge < -0.3 is 20.6 Å². The lowest BCUT2D eigenvalue weighted by molar-refractivity contribution is -0.138. The van der Waals surface area contributed by atoms with E-state index in [-0.39, 0.29) is 6.54 Å². The van der Waals surface area contributed by atoms with Gasteiger partial charge in [-0.15, -0.1) is 0 Å². The van der Waals surface area contributed by atoms with Gasteiger partial charge in [-0.1, -0.05) is 6.92 Å². The van der Waals surface area contributed by atoms with Crippen molar-refractivity contribution in [3.8, 4) is 0 Å². The molecule has 0 radical (unpaired) electrons. The Labute approximate surface area is 112 Å². The third-order valence-electron chi connectivity index (χ3n) is 3.23. The SMILES string of the molecule is CC1CCCN(C(=O)N(CC(N)=O)CC(=O)O)CC1. The Bertz CT molecular complexity index is 343. The third-order valence-corrected chi connectivity index (χ3v) is 3.23. The minimum atomic E-state index is -1.15. The zero-order chi connectivity index (χ0) is 14.4. The second-order valence-electron chi connectivity index (χ2n) is 5.02. The van der Waals surface area contributed by atoms with Crippen LogP contribution in [0.4, 0.5) is 4.79 Å². The molecule has 0 aromatic rings. The Hall–Kier alpha value is -1.79. The average molecular weight is 271 g/mol. The number of carbonyl (C=O) groups is 3. The summed E-state index contributed by atoms with van der Waals surface area (Å²) < 4.78 is 0. The summed E-state index contributed by atoms with van der Waals surface area (Å²) in [7, 11) is 0. The Kier molecular flexibility index (Phi) is 5.59. The monoisotopic (exact) mass is 271 g/mol. The molecule has 1 atom stereocenters. The number of urea groups is 1. The van der Waals surface area contributed by atoms with Crippen molar-refractivity contribution in [2.75, 3.05) is 26.2 Å². The Balaban J connectivity index is 2.68. The van der Waals surface area contributed by atoms with Gasteiger partial charge in [0.25, 0.3) is 0 Å². The van der Waals surface area contributed by atoms with Gasteiger partial charge in [-0.05, 0) is 25.2 Å². The second kappa shape index (κ2) is 6.96. The predicted octanol–water partition coefficient (Wildman–Crippen LogP) is 0.100. The van der Waals surface area contributed by atoms with Crippen LogP contribution in [0.1, 0.15) is 26.2 Å². The summed E-state index contributed by atoms with van der Waals surface area (Å²) in [6, 6.07) is -0.421. The second-order valence-corrected chi connectivity index (χ2v) is 5.02. The molecule has 1 aliphatic heterocycles. The molecule has 1 fully saturated rings. The van der Waals surface area contributed by atoms with Gasteiger partial charge in [0.05, 0.1) is 0 Å². The van der Waals surface area contributed by atoms with Gasteiger partial charge in [-0.3, -0.25) is 9.59 Å². The van der Waals surface area contributed by atoms with Crippen LogP contribution in [0.15, 0.2) is 0 Å². The molecule has 0 aromatic heterocycles. The number of hydrogen-bond donors (Lipinski definition) is 2. The third kappa shape index (κ3) is 5.15. The molecule has 0 aromatic carbocycles. The average Bonchev–Trinajstić information content (AvgIpc) is 2.51. The minimum Gasteiger partial charge on any atom is -0.480 e. The van der Waals surface area contributed by atoms with Gasteiger partial charge in [0.2, 0.25) is 5.91 Å². The Morgan fingerprint density at radius 3 is 2.53 bits per heavy atom. The normalized spacial score (nSPS) is 19.6. The first-order valence-corrected chi connectivity index (χ1v) is 6.44. The van der Waals surface area contributed by atoms with E-state index in [2.05, 4.69) is 6.92 Å². The highest BCUT2D eigenvalue weighted by atomic mass is 16.4. The van der Waals surface area contributed by atoms with Crippen LogP contribution in [0, 0.1) is 5.92 Å². The number of carbonyl (C=O) groups excluding carboxylic acids is 2. The largest absolute Gasteiger partial charge is 0.480 e. The summed E-state index contributed by atoms with van der Waals surface area (Å²) in [6.45, 7) is 2.45. The number of carboxylic acids is 1. The zero-order valence-corrected chi connectivity index (χ0v) is 11.2. The maximum atomic E-state index is 12.2. The van der Waals surface area contributed by atoms with Crippen molar-refractivity contribution < 1.29 is 19.5 Å². The Morgan fingerprint density at radius 1 is 1.26 bits per heavy atom. The van der Waals surface area contributed by atoms with E-state index in [1.54, 1.807) is 4.90 Å². The molecule has 3 N–H and O–H groups in total. The standard InChI is InChI=1S/C12H21N3O4/c1-9-3-2-5-14(6-4-9)12(19)15(7-10(13)16)8-11(17)18/h9H,2-8H2,1H3,(H2,13,16)(H,17,18). The van der Waals surface area contributed by atoms with Gasteiger partial charge in [0, 0.05) is 13.1 Å². The topological polar surface area (TPSA) is 104 Å². The molecule has 7 nitrogen and oxygen atoms in total. The lowest BCUT2D eigenvalue weighted by atomic mass is 10.0. The molecule has 0 bridgehead atoms. The fourth-order valence-electron chi connectivity index (χ4n) is 2.20. The van der Waals surface area contributed by atoms with Crippen LogP contribution >= 0.6 is 0 Å². The van der Waals surface area contributed by atoms with Gasteiger partial charge in [0.15, 0.2) is 0 Å². The number of amides is 3. The summed E-state index contributed by atoms with van der Waals surface area (Å²) >= 11 is 0. The van der Waals surface area contributed by atoms with Crippen molar-refractivity contribution in [1.29, 1.82) is 0 Å². The molecule has 1 unspecified atom stereocenters. The molecule has 1 aliphatic rings. The molecule has 1 rings (SSSR count). The number of aliphatic carboxylic acids is 1. The van der Waals surface area contributed by atoms with E-state index in [0.29, 0.717) is 19.0 Å². The van der Waals surface area contributed by atoms with Crippen molar-refractivity contribution in [3.63, 3.8) is 0 Å². The molecule has 0 spiro atoms. The molecule has 19 heavy (non-hydrogen) atoms. The molecular formula is C12H21N3O4. The van der Waals surface area contributed by atoms with Crippen LogP contribution in [0.5, 0.6) is 0 Å². The molecule has 0 saturated carbocycles. The molecule has 3 amide bonds.